The summed E-state index contributed by atoms with van der Waals surface area (Å²) in [6.45, 7) is 1.99. The van der Waals surface area contributed by atoms with Crippen LogP contribution in [-0.2, 0) is 4.79 Å². The van der Waals surface area contributed by atoms with Crippen molar-refractivity contribution < 1.29 is 24.2 Å². The zero-order valence-corrected chi connectivity index (χ0v) is 27.2. The molecule has 0 aliphatic heterocycles. The lowest BCUT2D eigenvalue weighted by Gasteiger charge is -2.17. The van der Waals surface area contributed by atoms with Crippen LogP contribution < -0.4 is 15.4 Å². The van der Waals surface area contributed by atoms with Crippen molar-refractivity contribution in [1.82, 2.24) is 9.88 Å². The van der Waals surface area contributed by atoms with Crippen molar-refractivity contribution in [3.8, 4) is 11.5 Å². The normalized spacial score (nSPS) is 12.1. The molecule has 48 heavy (non-hydrogen) atoms. The number of thioether (sulfide) groups is 1. The number of anilines is 1. The number of nitrogens with zero attached hydrogens (tertiary/aromatic N) is 1. The van der Waals surface area contributed by atoms with E-state index in [4.69, 9.17) is 4.74 Å². The minimum Gasteiger partial charge on any atom is -0.508 e. The highest BCUT2D eigenvalue weighted by atomic mass is 32.2. The van der Waals surface area contributed by atoms with Crippen LogP contribution in [-0.4, -0.2) is 39.8 Å². The number of phenols is 1. The largest absolute Gasteiger partial charge is 0.508 e. The van der Waals surface area contributed by atoms with Gasteiger partial charge in [0.05, 0.1) is 23.4 Å². The average molecular weight is 656 g/mol. The van der Waals surface area contributed by atoms with Gasteiger partial charge in [-0.3, -0.25) is 19.0 Å². The first-order chi connectivity index (χ1) is 23.4. The fraction of sp³-hybridized carbons (Fsp3) is 0.103. The highest BCUT2D eigenvalue weighted by Crippen LogP contribution is 2.34. The quantitative estimate of drug-likeness (QED) is 0.102. The van der Waals surface area contributed by atoms with E-state index in [1.165, 1.54) is 37.1 Å². The van der Waals surface area contributed by atoms with Crippen LogP contribution in [0.2, 0.25) is 0 Å². The Hall–Kier alpha value is -5.80. The van der Waals surface area contributed by atoms with Crippen molar-refractivity contribution in [3.05, 3.63) is 138 Å². The molecule has 0 spiro atoms. The number of carbonyl (C=O) groups excluding carboxylic acids is 3. The van der Waals surface area contributed by atoms with Gasteiger partial charge >= 0.3 is 0 Å². The van der Waals surface area contributed by atoms with Crippen molar-refractivity contribution in [2.24, 2.45) is 0 Å². The van der Waals surface area contributed by atoms with Gasteiger partial charge in [-0.2, -0.15) is 0 Å². The molecule has 240 valence electrons. The Morgan fingerprint density at radius 1 is 0.833 bits per heavy atom. The zero-order chi connectivity index (χ0) is 33.6. The van der Waals surface area contributed by atoms with Crippen molar-refractivity contribution in [2.75, 3.05) is 12.4 Å². The van der Waals surface area contributed by atoms with Gasteiger partial charge < -0.3 is 20.5 Å². The number of aromatic hydroxyl groups is 1. The van der Waals surface area contributed by atoms with Gasteiger partial charge in [0.25, 0.3) is 11.8 Å². The number of methoxy groups -OCH3 is 1. The van der Waals surface area contributed by atoms with Crippen molar-refractivity contribution in [3.63, 3.8) is 0 Å². The number of amides is 2. The number of fused-ring (bicyclic) bond motifs is 3. The summed E-state index contributed by atoms with van der Waals surface area (Å²) in [5.41, 5.74) is 3.05. The molecule has 0 aliphatic carbocycles. The molecular formula is C39H33N3O5S. The fourth-order valence-corrected chi connectivity index (χ4v) is 6.59. The maximum atomic E-state index is 14.1. The highest BCUT2D eigenvalue weighted by molar-refractivity contribution is 8.00. The second-order valence-corrected chi connectivity index (χ2v) is 12.3. The fourth-order valence-electron chi connectivity index (χ4n) is 5.54. The van der Waals surface area contributed by atoms with Gasteiger partial charge in [-0.1, -0.05) is 67.6 Å². The van der Waals surface area contributed by atoms with E-state index in [0.717, 1.165) is 26.7 Å². The van der Waals surface area contributed by atoms with Crippen LogP contribution in [0.5, 0.6) is 11.5 Å². The lowest BCUT2D eigenvalue weighted by atomic mass is 10.1. The summed E-state index contributed by atoms with van der Waals surface area (Å²) >= 11 is 1.43. The third-order valence-corrected chi connectivity index (χ3v) is 9.21. The maximum Gasteiger partial charge on any atom is 0.272 e. The Balaban J connectivity index is 1.26. The molecule has 9 heteroatoms. The molecule has 1 aromatic heterocycles. The van der Waals surface area contributed by atoms with Gasteiger partial charge in [-0.25, -0.2) is 0 Å². The third kappa shape index (κ3) is 6.82. The summed E-state index contributed by atoms with van der Waals surface area (Å²) in [5, 5.41) is 17.2. The van der Waals surface area contributed by atoms with Crippen molar-refractivity contribution in [2.45, 2.75) is 23.5 Å². The van der Waals surface area contributed by atoms with Crippen LogP contribution >= 0.6 is 11.8 Å². The molecule has 3 N–H and O–H groups in total. The first kappa shape index (κ1) is 32.2. The number of ether oxygens (including phenoxy) is 1. The summed E-state index contributed by atoms with van der Waals surface area (Å²) in [6.07, 6.45) is 2.08. The lowest BCUT2D eigenvalue weighted by Crippen LogP contribution is -2.30. The topological polar surface area (TPSA) is 110 Å². The predicted octanol–water partition coefficient (Wildman–Crippen LogP) is 8.13. The van der Waals surface area contributed by atoms with E-state index in [2.05, 4.69) is 10.6 Å². The lowest BCUT2D eigenvalue weighted by molar-refractivity contribution is -0.113. The molecule has 6 rings (SSSR count). The minimum absolute atomic E-state index is 0.000322. The molecule has 1 heterocycles. The molecule has 0 aliphatic rings. The molecule has 8 nitrogen and oxygen atoms in total. The van der Waals surface area contributed by atoms with Gasteiger partial charge in [-0.15, -0.1) is 11.8 Å². The number of hydrogen-bond acceptors (Lipinski definition) is 6. The SMILES string of the molecule is CCC(Sc1cccc(NC(=O)/C(=C/c2ccc(O)cc2OC)NC(=O)c2ccccc2)c1)C(=O)n1c2ccccc2c2ccccc21. The van der Waals surface area contributed by atoms with Crippen LogP contribution in [0, 0.1) is 0 Å². The Bertz CT molecular complexity index is 2120. The monoisotopic (exact) mass is 655 g/mol. The van der Waals surface area contributed by atoms with E-state index in [-0.39, 0.29) is 17.4 Å². The molecule has 0 fully saturated rings. The van der Waals surface area contributed by atoms with Crippen LogP contribution in [0.1, 0.15) is 34.1 Å². The Labute approximate surface area is 282 Å². The predicted molar refractivity (Wildman–Crippen MR) is 192 cm³/mol. The second kappa shape index (κ2) is 14.3. The molecule has 0 saturated heterocycles. The first-order valence-electron chi connectivity index (χ1n) is 15.4. The van der Waals surface area contributed by atoms with Gasteiger partial charge in [0.15, 0.2) is 0 Å². The van der Waals surface area contributed by atoms with Gasteiger partial charge in [0.1, 0.15) is 17.2 Å². The number of rotatable bonds is 10. The number of nitrogens with one attached hydrogen (secondary N) is 2. The molecule has 2 amide bonds. The highest BCUT2D eigenvalue weighted by Gasteiger charge is 2.24. The maximum absolute atomic E-state index is 14.1. The van der Waals surface area contributed by atoms with Crippen LogP contribution in [0.25, 0.3) is 27.9 Å². The summed E-state index contributed by atoms with van der Waals surface area (Å²) in [6, 6.07) is 36.1. The van der Waals surface area contributed by atoms with Gasteiger partial charge in [0, 0.05) is 38.5 Å². The number of carbonyl (C=O) groups is 3. The molecule has 0 bridgehead atoms. The third-order valence-electron chi connectivity index (χ3n) is 7.86. The standard InChI is InChI=1S/C39H33N3O5S/c1-3-36(39(46)42-33-18-9-7-16-30(33)31-17-8-10-19-34(31)42)48-29-15-11-14-27(23-29)40-38(45)32(41-37(44)25-12-5-4-6-13-25)22-26-20-21-28(43)24-35(26)47-2/h4-24,36,43H,3H2,1-2H3,(H,40,45)(H,41,44)/b32-22-. The molecule has 1 atom stereocenters. The molecule has 1 unspecified atom stereocenters. The van der Waals surface area contributed by atoms with Gasteiger partial charge in [0.2, 0.25) is 5.91 Å². The zero-order valence-electron chi connectivity index (χ0n) is 26.3. The van der Waals surface area contributed by atoms with E-state index in [1.54, 1.807) is 42.5 Å². The van der Waals surface area contributed by atoms with Crippen molar-refractivity contribution in [1.29, 1.82) is 0 Å². The van der Waals surface area contributed by atoms with Crippen LogP contribution in [0.3, 0.4) is 0 Å². The Kier molecular flexibility index (Phi) is 9.59. The van der Waals surface area contributed by atoms with E-state index >= 15 is 0 Å². The van der Waals surface area contributed by atoms with Crippen molar-refractivity contribution >= 4 is 63.1 Å². The molecule has 0 radical (unpaired) electrons. The van der Waals surface area contributed by atoms with Crippen LogP contribution in [0.15, 0.2) is 132 Å². The number of benzene rings is 5. The first-order valence-corrected chi connectivity index (χ1v) is 16.3. The number of hydrogen-bond donors (Lipinski definition) is 3. The Morgan fingerprint density at radius 3 is 2.17 bits per heavy atom. The second-order valence-electron chi connectivity index (χ2n) is 11.0. The van der Waals surface area contributed by atoms with Gasteiger partial charge in [-0.05, 0) is 67.1 Å². The number of phenolic OH excluding ortho intramolecular Hbond substituents is 1. The van der Waals surface area contributed by atoms with Crippen LogP contribution in [0.4, 0.5) is 5.69 Å². The smallest absolute Gasteiger partial charge is 0.272 e. The minimum atomic E-state index is -0.565. The number of para-hydroxylation sites is 2. The van der Waals surface area contributed by atoms with E-state index in [1.807, 2.05) is 78.2 Å². The average Bonchev–Trinajstić information content (AvgIpc) is 3.45. The molecule has 6 aromatic rings. The summed E-state index contributed by atoms with van der Waals surface area (Å²) in [7, 11) is 1.45. The van der Waals surface area contributed by atoms with E-state index in [9.17, 15) is 19.5 Å². The van der Waals surface area contributed by atoms with E-state index in [0.29, 0.717) is 29.0 Å². The summed E-state index contributed by atoms with van der Waals surface area (Å²) in [5.74, 6) is -0.727. The van der Waals surface area contributed by atoms with E-state index < -0.39 is 17.1 Å². The Morgan fingerprint density at radius 2 is 1.50 bits per heavy atom. The molecular weight excluding hydrogens is 623 g/mol. The molecule has 0 saturated carbocycles. The molecule has 5 aromatic carbocycles. The number of aromatic nitrogens is 1. The summed E-state index contributed by atoms with van der Waals surface area (Å²) in [4.78, 5) is 41.7. The summed E-state index contributed by atoms with van der Waals surface area (Å²) < 4.78 is 7.20.